The predicted molar refractivity (Wildman–Crippen MR) is 289 cm³/mol. The van der Waals surface area contributed by atoms with E-state index < -0.39 is 0 Å². The molecule has 0 saturated carbocycles. The second-order valence-corrected chi connectivity index (χ2v) is 20.3. The van der Waals surface area contributed by atoms with Crippen LogP contribution in [0.1, 0.15) is 79.6 Å². The molecule has 2 amide bonds. The number of carbonyl (C=O) groups excluding carboxylic acids is 2. The third-order valence-electron chi connectivity index (χ3n) is 14.1. The van der Waals surface area contributed by atoms with Crippen molar-refractivity contribution in [3.05, 3.63) is 216 Å². The Kier molecular flexibility index (Phi) is 14.8. The maximum absolute atomic E-state index is 12.8. The van der Waals surface area contributed by atoms with Gasteiger partial charge in [0.2, 0.25) is 11.8 Å². The number of halogens is 1. The second kappa shape index (κ2) is 20.9. The van der Waals surface area contributed by atoms with Crippen molar-refractivity contribution < 1.29 is 18.9 Å². The summed E-state index contributed by atoms with van der Waals surface area (Å²) < 4.78 is 13.3. The standard InChI is InChI=1S/C26H22N2O2.C23H28BNO3.C9H6BrNO.CH4/c1-17-12-18(13-25(29)28-15-19-6-2-3-7-20(19)16-28)10-11-21(17)24-14-27-26(30)23-9-5-4-8-22(23)24;1-16-12-17(10-11-20(16)24-27-22(2,3)23(4,5)28-24)13-21(26)25-14-18-8-6-7-9-19(18)15-25;10-8-5-11-9(12)7-4-2-1-3-6(7)8;/h2-12,14H,13,15-16H2,1H3,(H,27,30);6-12H,13-15H2,1-5H3;1-5H,(H,11,12);1H4. The molecule has 6 aromatic carbocycles. The molecular formula is C59H60BBrN4O6. The summed E-state index contributed by atoms with van der Waals surface area (Å²) in [5, 5.41) is 3.28. The number of aryl methyl sites for hydroxylation is 2. The number of nitrogens with one attached hydrogen (secondary N) is 2. The smallest absolute Gasteiger partial charge is 0.399 e. The van der Waals surface area contributed by atoms with Crippen molar-refractivity contribution in [3.8, 4) is 11.1 Å². The van der Waals surface area contributed by atoms with E-state index in [1.54, 1.807) is 18.5 Å². The third-order valence-corrected chi connectivity index (χ3v) is 14.7. The van der Waals surface area contributed by atoms with E-state index in [2.05, 4.69) is 110 Å². The number of hydrogen-bond acceptors (Lipinski definition) is 6. The first-order chi connectivity index (χ1) is 33.5. The number of fused-ring (bicyclic) bond motifs is 4. The van der Waals surface area contributed by atoms with Gasteiger partial charge in [0.05, 0.1) is 24.0 Å². The summed E-state index contributed by atoms with van der Waals surface area (Å²) in [6.07, 6.45) is 4.24. The number of nitrogens with zero attached hydrogens (tertiary/aromatic N) is 2. The van der Waals surface area contributed by atoms with Crippen LogP contribution in [0.15, 0.2) is 160 Å². The van der Waals surface area contributed by atoms with Crippen LogP contribution < -0.4 is 16.6 Å². The third kappa shape index (κ3) is 10.8. The zero-order valence-corrected chi connectivity index (χ0v) is 42.0. The predicted octanol–water partition coefficient (Wildman–Crippen LogP) is 10.9. The summed E-state index contributed by atoms with van der Waals surface area (Å²) in [6, 6.07) is 43.9. The van der Waals surface area contributed by atoms with E-state index in [1.165, 1.54) is 22.3 Å². The maximum atomic E-state index is 12.8. The number of benzene rings is 6. The SMILES string of the molecule is C.Cc1cc(CC(=O)N2Cc3ccccc3C2)ccc1-c1c[nH]c(=O)c2ccccc12.Cc1cc(CC(=O)N2Cc3ccccc3C2)ccc1B1OC(C)(C)C(C)(C)O1.O=c1[nH]cc(Br)c2ccccc12. The summed E-state index contributed by atoms with van der Waals surface area (Å²) in [4.78, 5) is 58.4. The summed E-state index contributed by atoms with van der Waals surface area (Å²) >= 11 is 3.36. The van der Waals surface area contributed by atoms with Crippen molar-refractivity contribution in [1.82, 2.24) is 19.8 Å². The van der Waals surface area contributed by atoms with E-state index in [-0.39, 0.29) is 48.7 Å². The van der Waals surface area contributed by atoms with Gasteiger partial charge in [0.25, 0.3) is 11.1 Å². The molecule has 0 atom stereocenters. The molecule has 2 aromatic heterocycles. The monoisotopic (exact) mass is 1010 g/mol. The molecule has 1 fully saturated rings. The van der Waals surface area contributed by atoms with Crippen LogP contribution in [0.4, 0.5) is 0 Å². The lowest BCUT2D eigenvalue weighted by Crippen LogP contribution is -2.41. The number of pyridine rings is 2. The van der Waals surface area contributed by atoms with Crippen LogP contribution in [0.2, 0.25) is 0 Å². The van der Waals surface area contributed by atoms with E-state index in [1.807, 2.05) is 94.7 Å². The van der Waals surface area contributed by atoms with E-state index in [9.17, 15) is 19.2 Å². The van der Waals surface area contributed by atoms with Gasteiger partial charge in [-0.15, -0.1) is 0 Å². The molecule has 71 heavy (non-hydrogen) atoms. The fourth-order valence-electron chi connectivity index (χ4n) is 9.42. The first kappa shape index (κ1) is 50.5. The Morgan fingerprint density at radius 2 is 0.958 bits per heavy atom. The molecule has 362 valence electrons. The topological polar surface area (TPSA) is 125 Å². The number of H-pyrrole nitrogens is 2. The van der Waals surface area contributed by atoms with E-state index in [4.69, 9.17) is 9.31 Å². The molecule has 10 nitrogen and oxygen atoms in total. The van der Waals surface area contributed by atoms with Crippen molar-refractivity contribution >= 4 is 61.9 Å². The van der Waals surface area contributed by atoms with Crippen molar-refractivity contribution in [2.24, 2.45) is 0 Å². The van der Waals surface area contributed by atoms with Gasteiger partial charge < -0.3 is 29.1 Å². The van der Waals surface area contributed by atoms with Crippen molar-refractivity contribution in [1.29, 1.82) is 0 Å². The van der Waals surface area contributed by atoms with Gasteiger partial charge in [0.15, 0.2) is 0 Å². The van der Waals surface area contributed by atoms with Crippen molar-refractivity contribution in [2.45, 2.75) is 99.2 Å². The van der Waals surface area contributed by atoms with Crippen LogP contribution in [0, 0.1) is 13.8 Å². The summed E-state index contributed by atoms with van der Waals surface area (Å²) in [5.41, 5.74) is 11.4. The highest BCUT2D eigenvalue weighted by Gasteiger charge is 2.52. The Hall–Kier alpha value is -6.86. The average molecular weight is 1010 g/mol. The number of aromatic amines is 2. The maximum Gasteiger partial charge on any atom is 0.495 e. The zero-order chi connectivity index (χ0) is 49.3. The molecular weight excluding hydrogens is 951 g/mol. The van der Waals surface area contributed by atoms with E-state index in [0.29, 0.717) is 49.8 Å². The molecule has 3 aliphatic heterocycles. The van der Waals surface area contributed by atoms with Crippen molar-refractivity contribution in [3.63, 3.8) is 0 Å². The Morgan fingerprint density at radius 3 is 1.42 bits per heavy atom. The molecule has 0 aliphatic carbocycles. The normalized spacial score (nSPS) is 15.0. The minimum atomic E-state index is -0.372. The van der Waals surface area contributed by atoms with Crippen LogP contribution in [0.5, 0.6) is 0 Å². The molecule has 11 rings (SSSR count). The van der Waals surface area contributed by atoms with Gasteiger partial charge in [0.1, 0.15) is 0 Å². The first-order valence-corrected chi connectivity index (χ1v) is 24.4. The zero-order valence-electron chi connectivity index (χ0n) is 40.4. The molecule has 3 aliphatic rings. The first-order valence-electron chi connectivity index (χ1n) is 23.7. The van der Waals surface area contributed by atoms with Crippen LogP contribution in [0.25, 0.3) is 32.7 Å². The molecule has 8 aromatic rings. The van der Waals surface area contributed by atoms with E-state index >= 15 is 0 Å². The van der Waals surface area contributed by atoms with Gasteiger partial charge in [-0.2, -0.15) is 0 Å². The largest absolute Gasteiger partial charge is 0.495 e. The van der Waals surface area contributed by atoms with Gasteiger partial charge in [-0.1, -0.05) is 134 Å². The number of hydrogen-bond donors (Lipinski definition) is 2. The van der Waals surface area contributed by atoms with Crippen LogP contribution in [-0.4, -0.2) is 49.9 Å². The summed E-state index contributed by atoms with van der Waals surface area (Å²) in [5.74, 6) is 0.312. The molecule has 0 bridgehead atoms. The number of rotatable bonds is 6. The van der Waals surface area contributed by atoms with Crippen LogP contribution in [-0.2, 0) is 57.9 Å². The van der Waals surface area contributed by atoms with Crippen molar-refractivity contribution in [2.75, 3.05) is 0 Å². The molecule has 0 radical (unpaired) electrons. The Balaban J connectivity index is 0.000000153. The lowest BCUT2D eigenvalue weighted by atomic mass is 9.75. The lowest BCUT2D eigenvalue weighted by molar-refractivity contribution is -0.131. The average Bonchev–Trinajstić information content (AvgIpc) is 4.05. The van der Waals surface area contributed by atoms with Crippen LogP contribution in [0.3, 0.4) is 0 Å². The fraction of sp³-hybridized carbons (Fsp3) is 0.254. The van der Waals surface area contributed by atoms with Crippen LogP contribution >= 0.6 is 15.9 Å². The van der Waals surface area contributed by atoms with Gasteiger partial charge in [-0.3, -0.25) is 19.2 Å². The highest BCUT2D eigenvalue weighted by molar-refractivity contribution is 9.10. The Labute approximate surface area is 424 Å². The highest BCUT2D eigenvalue weighted by atomic mass is 79.9. The van der Waals surface area contributed by atoms with Gasteiger partial charge in [-0.25, -0.2) is 0 Å². The quantitative estimate of drug-likeness (QED) is 0.160. The van der Waals surface area contributed by atoms with Gasteiger partial charge in [0, 0.05) is 64.8 Å². The minimum absolute atomic E-state index is 0. The Morgan fingerprint density at radius 1 is 0.549 bits per heavy atom. The minimum Gasteiger partial charge on any atom is -0.399 e. The molecule has 2 N–H and O–H groups in total. The Bertz CT molecular complexity index is 3350. The fourth-order valence-corrected chi connectivity index (χ4v) is 9.88. The van der Waals surface area contributed by atoms with Gasteiger partial charge in [-0.05, 0) is 125 Å². The molecule has 5 heterocycles. The van der Waals surface area contributed by atoms with Gasteiger partial charge >= 0.3 is 7.12 Å². The molecule has 0 unspecified atom stereocenters. The van der Waals surface area contributed by atoms with E-state index in [0.717, 1.165) is 54.1 Å². The second-order valence-electron chi connectivity index (χ2n) is 19.4. The number of aromatic nitrogens is 2. The molecule has 1 saturated heterocycles. The molecule has 12 heteroatoms. The highest BCUT2D eigenvalue weighted by Crippen LogP contribution is 2.37. The number of carbonyl (C=O) groups is 2. The lowest BCUT2D eigenvalue weighted by Gasteiger charge is -2.32. The number of amides is 2. The summed E-state index contributed by atoms with van der Waals surface area (Å²) in [7, 11) is -0.372. The summed E-state index contributed by atoms with van der Waals surface area (Å²) in [6.45, 7) is 15.1. The molecule has 0 spiro atoms.